The van der Waals surface area contributed by atoms with Crippen LogP contribution in [0, 0.1) is 0 Å². The van der Waals surface area contributed by atoms with Gasteiger partial charge in [-0.2, -0.15) is 4.98 Å². The number of rotatable bonds is 3. The molecule has 6 heteroatoms. The van der Waals surface area contributed by atoms with Gasteiger partial charge in [0.25, 0.3) is 5.56 Å². The van der Waals surface area contributed by atoms with Gasteiger partial charge in [0.15, 0.2) is 11.5 Å². The van der Waals surface area contributed by atoms with E-state index in [4.69, 9.17) is 0 Å². The van der Waals surface area contributed by atoms with E-state index in [0.29, 0.717) is 12.4 Å². The topological polar surface area (TPSA) is 80.6 Å². The van der Waals surface area contributed by atoms with Gasteiger partial charge in [-0.3, -0.25) is 9.78 Å². The standard InChI is InChI=1S/C15H16N4O2/c1-3-7-19-11-6-5-9(4-2)8-10(11)16-12-13(19)17-15(21)18-14(12)20/h5-6,8H,3-4,7H2,1-2H3,(H,18,20,21). The summed E-state index contributed by atoms with van der Waals surface area (Å²) < 4.78 is 1.90. The number of nitrogens with zero attached hydrogens (tertiary/aromatic N) is 3. The Labute approximate surface area is 120 Å². The Bertz CT molecular complexity index is 894. The molecule has 1 aromatic rings. The van der Waals surface area contributed by atoms with Gasteiger partial charge in [0.1, 0.15) is 0 Å². The molecule has 21 heavy (non-hydrogen) atoms. The van der Waals surface area contributed by atoms with Gasteiger partial charge < -0.3 is 4.57 Å². The summed E-state index contributed by atoms with van der Waals surface area (Å²) in [6, 6.07) is 5.99. The van der Waals surface area contributed by atoms with E-state index >= 15 is 0 Å². The van der Waals surface area contributed by atoms with Crippen LogP contribution in [-0.2, 0) is 13.0 Å². The zero-order valence-corrected chi connectivity index (χ0v) is 12.0. The fourth-order valence-corrected chi connectivity index (χ4v) is 2.52. The molecule has 0 fully saturated rings. The van der Waals surface area contributed by atoms with E-state index in [1.165, 1.54) is 0 Å². The molecule has 0 spiro atoms. The van der Waals surface area contributed by atoms with Crippen LogP contribution in [-0.4, -0.2) is 19.5 Å². The van der Waals surface area contributed by atoms with Crippen molar-refractivity contribution in [1.82, 2.24) is 19.5 Å². The molecule has 6 nitrogen and oxygen atoms in total. The van der Waals surface area contributed by atoms with Crippen LogP contribution in [0.15, 0.2) is 27.8 Å². The molecule has 0 bridgehead atoms. The zero-order valence-electron chi connectivity index (χ0n) is 12.0. The number of aromatic amines is 1. The second-order valence-corrected chi connectivity index (χ2v) is 4.98. The lowest BCUT2D eigenvalue weighted by Gasteiger charge is -2.16. The molecule has 2 aliphatic heterocycles. The fraction of sp³-hybridized carbons (Fsp3) is 0.333. The Morgan fingerprint density at radius 3 is 2.71 bits per heavy atom. The minimum atomic E-state index is -0.635. The fourth-order valence-electron chi connectivity index (χ4n) is 2.52. The van der Waals surface area contributed by atoms with E-state index in [1.807, 2.05) is 29.7 Å². The zero-order chi connectivity index (χ0) is 15.0. The van der Waals surface area contributed by atoms with Crippen molar-refractivity contribution < 1.29 is 0 Å². The molecule has 0 radical (unpaired) electrons. The van der Waals surface area contributed by atoms with E-state index in [2.05, 4.69) is 21.9 Å². The highest BCUT2D eigenvalue weighted by atomic mass is 16.2. The van der Waals surface area contributed by atoms with E-state index < -0.39 is 11.2 Å². The maximum atomic E-state index is 12.0. The second kappa shape index (κ2) is 5.12. The first-order valence-electron chi connectivity index (χ1n) is 7.07. The first-order valence-corrected chi connectivity index (χ1v) is 7.07. The molecular weight excluding hydrogens is 268 g/mol. The van der Waals surface area contributed by atoms with Gasteiger partial charge >= 0.3 is 5.69 Å². The maximum Gasteiger partial charge on any atom is 0.349 e. The predicted molar refractivity (Wildman–Crippen MR) is 80.7 cm³/mol. The molecule has 108 valence electrons. The summed E-state index contributed by atoms with van der Waals surface area (Å²) in [4.78, 5) is 34.0. The molecule has 0 aromatic heterocycles. The highest BCUT2D eigenvalue weighted by Gasteiger charge is 2.18. The maximum absolute atomic E-state index is 12.0. The molecule has 0 unspecified atom stereocenters. The number of fused-ring (bicyclic) bond motifs is 2. The Hall–Kier alpha value is -2.50. The molecule has 1 aromatic carbocycles. The van der Waals surface area contributed by atoms with Crippen LogP contribution in [0.1, 0.15) is 25.8 Å². The van der Waals surface area contributed by atoms with Gasteiger partial charge in [-0.05, 0) is 30.5 Å². The lowest BCUT2D eigenvalue weighted by atomic mass is 10.1. The molecule has 3 rings (SSSR count). The normalized spacial score (nSPS) is 11.3. The van der Waals surface area contributed by atoms with E-state index in [9.17, 15) is 9.59 Å². The summed E-state index contributed by atoms with van der Waals surface area (Å²) in [5, 5.41) is 0. The molecular formula is C15H16N4O2. The lowest BCUT2D eigenvalue weighted by Crippen LogP contribution is -2.28. The third-order valence-corrected chi connectivity index (χ3v) is 3.53. The van der Waals surface area contributed by atoms with Crippen LogP contribution in [0.3, 0.4) is 0 Å². The third-order valence-electron chi connectivity index (χ3n) is 3.53. The number of hydrogen-bond donors (Lipinski definition) is 1. The summed E-state index contributed by atoms with van der Waals surface area (Å²) in [6.45, 7) is 4.79. The molecule has 0 saturated carbocycles. The highest BCUT2D eigenvalue weighted by molar-refractivity contribution is 5.80. The van der Waals surface area contributed by atoms with Crippen LogP contribution >= 0.6 is 0 Å². The molecule has 0 saturated heterocycles. The van der Waals surface area contributed by atoms with Gasteiger partial charge in [-0.25, -0.2) is 9.78 Å². The van der Waals surface area contributed by atoms with Crippen LogP contribution in [0.4, 0.5) is 0 Å². The summed E-state index contributed by atoms with van der Waals surface area (Å²) in [6.07, 6.45) is 1.77. The smallest absolute Gasteiger partial charge is 0.322 e. The van der Waals surface area contributed by atoms with Crippen LogP contribution in [0.25, 0.3) is 22.6 Å². The quantitative estimate of drug-likeness (QED) is 0.740. The minimum Gasteiger partial charge on any atom is -0.322 e. The average molecular weight is 284 g/mol. The lowest BCUT2D eigenvalue weighted by molar-refractivity contribution is 0.684. The van der Waals surface area contributed by atoms with Gasteiger partial charge in [0.05, 0.1) is 11.0 Å². The van der Waals surface area contributed by atoms with Crippen molar-refractivity contribution in [1.29, 1.82) is 0 Å². The van der Waals surface area contributed by atoms with Crippen molar-refractivity contribution in [3.8, 4) is 11.5 Å². The van der Waals surface area contributed by atoms with E-state index in [0.717, 1.165) is 29.4 Å². The van der Waals surface area contributed by atoms with Gasteiger partial charge in [0, 0.05) is 6.54 Å². The monoisotopic (exact) mass is 284 g/mol. The molecule has 0 amide bonds. The molecule has 0 aliphatic carbocycles. The van der Waals surface area contributed by atoms with Crippen molar-refractivity contribution in [3.05, 3.63) is 44.6 Å². The average Bonchev–Trinajstić information content (AvgIpc) is 2.47. The Morgan fingerprint density at radius 2 is 2.00 bits per heavy atom. The second-order valence-electron chi connectivity index (χ2n) is 4.98. The van der Waals surface area contributed by atoms with Crippen molar-refractivity contribution in [2.75, 3.05) is 0 Å². The van der Waals surface area contributed by atoms with Crippen molar-refractivity contribution in [3.63, 3.8) is 0 Å². The number of aryl methyl sites for hydroxylation is 2. The number of aromatic nitrogens is 4. The van der Waals surface area contributed by atoms with Crippen LogP contribution in [0.2, 0.25) is 0 Å². The number of H-pyrrole nitrogens is 1. The van der Waals surface area contributed by atoms with Gasteiger partial charge in [-0.1, -0.05) is 19.9 Å². The van der Waals surface area contributed by atoms with E-state index in [1.54, 1.807) is 0 Å². The minimum absolute atomic E-state index is 0.212. The number of nitrogens with one attached hydrogen (secondary N) is 1. The van der Waals surface area contributed by atoms with Crippen molar-refractivity contribution in [2.24, 2.45) is 0 Å². The molecule has 1 N–H and O–H groups in total. The molecule has 2 aliphatic rings. The molecule has 0 atom stereocenters. The summed E-state index contributed by atoms with van der Waals surface area (Å²) >= 11 is 0. The SMILES string of the molecule is CCCn1c2nc(=O)[nH]c(=O)c-2nc2cc(CC)ccc21. The number of hydrogen-bond acceptors (Lipinski definition) is 4. The van der Waals surface area contributed by atoms with Crippen molar-refractivity contribution in [2.45, 2.75) is 33.2 Å². The largest absolute Gasteiger partial charge is 0.349 e. The summed E-state index contributed by atoms with van der Waals surface area (Å²) in [7, 11) is 0. The Balaban J connectivity index is 2.48. The van der Waals surface area contributed by atoms with Gasteiger partial charge in [-0.15, -0.1) is 0 Å². The predicted octanol–water partition coefficient (Wildman–Crippen LogP) is 1.56. The summed E-state index contributed by atoms with van der Waals surface area (Å²) in [5.74, 6) is 0.349. The van der Waals surface area contributed by atoms with Gasteiger partial charge in [0.2, 0.25) is 0 Å². The first kappa shape index (κ1) is 13.5. The Kier molecular flexibility index (Phi) is 3.29. The Morgan fingerprint density at radius 1 is 1.19 bits per heavy atom. The highest BCUT2D eigenvalue weighted by Crippen LogP contribution is 2.22. The van der Waals surface area contributed by atoms with Crippen LogP contribution < -0.4 is 11.2 Å². The van der Waals surface area contributed by atoms with E-state index in [-0.39, 0.29) is 5.69 Å². The number of benzene rings is 1. The first-order chi connectivity index (χ1) is 10.1. The molecule has 2 heterocycles. The summed E-state index contributed by atoms with van der Waals surface area (Å²) in [5.41, 5.74) is 1.88. The third kappa shape index (κ3) is 2.22. The van der Waals surface area contributed by atoms with Crippen molar-refractivity contribution >= 4 is 11.0 Å². The van der Waals surface area contributed by atoms with Crippen LogP contribution in [0.5, 0.6) is 0 Å².